The predicted octanol–water partition coefficient (Wildman–Crippen LogP) is 2.28. The molecule has 1 amide bonds. The molecule has 1 aromatic heterocycles. The summed E-state index contributed by atoms with van der Waals surface area (Å²) in [5, 5.41) is 12.4. The van der Waals surface area contributed by atoms with Crippen LogP contribution in [0.5, 0.6) is 5.75 Å². The third-order valence-electron chi connectivity index (χ3n) is 4.46. The van der Waals surface area contributed by atoms with Gasteiger partial charge in [0, 0.05) is 10.9 Å². The first-order chi connectivity index (χ1) is 12.8. The molecule has 1 aromatic carbocycles. The molecule has 2 aromatic rings. The minimum atomic E-state index is -1.10. The number of thioether (sulfide) groups is 1. The van der Waals surface area contributed by atoms with E-state index in [1.807, 2.05) is 6.26 Å². The second-order valence-corrected chi connectivity index (χ2v) is 7.16. The van der Waals surface area contributed by atoms with Crippen LogP contribution < -0.4 is 15.7 Å². The van der Waals surface area contributed by atoms with Gasteiger partial charge >= 0.3 is 11.6 Å². The zero-order chi connectivity index (χ0) is 20.1. The summed E-state index contributed by atoms with van der Waals surface area (Å²) in [6, 6.07) is 2.57. The van der Waals surface area contributed by atoms with E-state index in [4.69, 9.17) is 9.15 Å². The number of hydrogen-bond acceptors (Lipinski definition) is 6. The van der Waals surface area contributed by atoms with Gasteiger partial charge in [-0.15, -0.1) is 0 Å². The summed E-state index contributed by atoms with van der Waals surface area (Å²) in [5.74, 6) is -0.408. The third kappa shape index (κ3) is 4.63. The van der Waals surface area contributed by atoms with Crippen LogP contribution in [0.15, 0.2) is 21.3 Å². The van der Waals surface area contributed by atoms with Crippen molar-refractivity contribution >= 4 is 34.6 Å². The number of carboxylic acids is 1. The lowest BCUT2D eigenvalue weighted by molar-refractivity contribution is -0.141. The fourth-order valence-electron chi connectivity index (χ4n) is 2.90. The molecule has 0 radical (unpaired) electrons. The highest BCUT2D eigenvalue weighted by molar-refractivity contribution is 7.98. The molecule has 0 saturated carbocycles. The van der Waals surface area contributed by atoms with Gasteiger partial charge in [0.2, 0.25) is 5.91 Å². The molecule has 0 aliphatic heterocycles. The van der Waals surface area contributed by atoms with Gasteiger partial charge in [-0.3, -0.25) is 4.79 Å². The van der Waals surface area contributed by atoms with E-state index in [9.17, 15) is 19.5 Å². The molecular weight excluding hydrogens is 370 g/mol. The van der Waals surface area contributed by atoms with E-state index in [1.54, 1.807) is 26.0 Å². The first kappa shape index (κ1) is 20.8. The van der Waals surface area contributed by atoms with E-state index in [2.05, 4.69) is 5.32 Å². The van der Waals surface area contributed by atoms with E-state index in [0.717, 1.165) is 0 Å². The number of carbonyl (C=O) groups is 2. The summed E-state index contributed by atoms with van der Waals surface area (Å²) in [4.78, 5) is 36.0. The minimum absolute atomic E-state index is 0.221. The molecule has 1 heterocycles. The van der Waals surface area contributed by atoms with Crippen LogP contribution in [-0.4, -0.2) is 42.1 Å². The maximum atomic E-state index is 12.4. The number of amides is 1. The Morgan fingerprint density at radius 1 is 1.30 bits per heavy atom. The van der Waals surface area contributed by atoms with Gasteiger partial charge in [0.05, 0.1) is 19.1 Å². The number of hydrogen-bond donors (Lipinski definition) is 2. The quantitative estimate of drug-likeness (QED) is 0.663. The number of aryl methyl sites for hydroxylation is 2. The lowest BCUT2D eigenvalue weighted by atomic mass is 10.0. The Morgan fingerprint density at radius 2 is 2.00 bits per heavy atom. The maximum absolute atomic E-state index is 12.4. The van der Waals surface area contributed by atoms with Crippen molar-refractivity contribution in [2.75, 3.05) is 19.1 Å². The average Bonchev–Trinajstić information content (AvgIpc) is 2.62. The van der Waals surface area contributed by atoms with Gasteiger partial charge in [-0.1, -0.05) is 0 Å². The smallest absolute Gasteiger partial charge is 0.340 e. The standard InChI is InChI=1S/C19H23NO6S/c1-10-12-5-6-15(25-3)11(2)17(12)26-19(24)13(10)9-16(21)20-14(18(22)23)7-8-27-4/h5-6,14H,7-9H2,1-4H3,(H,20,21)(H,22,23). The van der Waals surface area contributed by atoms with Crippen LogP contribution in [-0.2, 0) is 16.0 Å². The molecule has 2 N–H and O–H groups in total. The van der Waals surface area contributed by atoms with Crippen molar-refractivity contribution in [1.82, 2.24) is 5.32 Å². The van der Waals surface area contributed by atoms with Gasteiger partial charge in [-0.2, -0.15) is 11.8 Å². The Labute approximate surface area is 161 Å². The highest BCUT2D eigenvalue weighted by Crippen LogP contribution is 2.29. The summed E-state index contributed by atoms with van der Waals surface area (Å²) in [6.07, 6.45) is 1.94. The Kier molecular flexibility index (Phi) is 6.90. The number of ether oxygens (including phenoxy) is 1. The molecule has 2 rings (SSSR count). The molecule has 27 heavy (non-hydrogen) atoms. The molecule has 146 valence electrons. The molecule has 0 aliphatic carbocycles. The maximum Gasteiger partial charge on any atom is 0.340 e. The van der Waals surface area contributed by atoms with Gasteiger partial charge in [0.15, 0.2) is 0 Å². The Hall–Kier alpha value is -2.48. The second-order valence-electron chi connectivity index (χ2n) is 6.18. The van der Waals surface area contributed by atoms with E-state index < -0.39 is 23.5 Å². The largest absolute Gasteiger partial charge is 0.496 e. The summed E-state index contributed by atoms with van der Waals surface area (Å²) >= 11 is 1.50. The number of aliphatic carboxylic acids is 1. The van der Waals surface area contributed by atoms with Crippen LogP contribution in [0.4, 0.5) is 0 Å². The number of benzene rings is 1. The molecule has 1 unspecified atom stereocenters. The Balaban J connectivity index is 2.32. The van der Waals surface area contributed by atoms with Crippen LogP contribution in [0.25, 0.3) is 11.0 Å². The van der Waals surface area contributed by atoms with Crippen LogP contribution in [0.3, 0.4) is 0 Å². The molecular formula is C19H23NO6S. The number of methoxy groups -OCH3 is 1. The van der Waals surface area contributed by atoms with Crippen LogP contribution in [0.2, 0.25) is 0 Å². The molecule has 0 spiro atoms. The topological polar surface area (TPSA) is 106 Å². The molecule has 7 nitrogen and oxygen atoms in total. The molecule has 1 atom stereocenters. The molecule has 0 bridgehead atoms. The van der Waals surface area contributed by atoms with Gasteiger partial charge in [0.1, 0.15) is 17.4 Å². The monoisotopic (exact) mass is 393 g/mol. The van der Waals surface area contributed by atoms with Gasteiger partial charge in [-0.05, 0) is 50.0 Å². The summed E-state index contributed by atoms with van der Waals surface area (Å²) < 4.78 is 10.7. The summed E-state index contributed by atoms with van der Waals surface area (Å²) in [7, 11) is 1.54. The number of nitrogens with one attached hydrogen (secondary N) is 1. The van der Waals surface area contributed by atoms with Crippen molar-refractivity contribution in [3.63, 3.8) is 0 Å². The number of fused-ring (bicyclic) bond motifs is 1. The first-order valence-electron chi connectivity index (χ1n) is 8.41. The third-order valence-corrected chi connectivity index (χ3v) is 5.10. The summed E-state index contributed by atoms with van der Waals surface area (Å²) in [6.45, 7) is 3.54. The Bertz CT molecular complexity index is 921. The van der Waals surface area contributed by atoms with Gasteiger partial charge in [-0.25, -0.2) is 9.59 Å². The Morgan fingerprint density at radius 3 is 2.59 bits per heavy atom. The number of carboxylic acid groups (broad SMARTS) is 1. The lowest BCUT2D eigenvalue weighted by Gasteiger charge is -2.15. The minimum Gasteiger partial charge on any atom is -0.496 e. The van der Waals surface area contributed by atoms with Crippen LogP contribution >= 0.6 is 11.8 Å². The number of carbonyl (C=O) groups excluding carboxylic acids is 1. The van der Waals surface area contributed by atoms with Gasteiger partial charge in [0.25, 0.3) is 0 Å². The summed E-state index contributed by atoms with van der Waals surface area (Å²) in [5.41, 5.74) is 1.37. The van der Waals surface area contributed by atoms with Crippen molar-refractivity contribution in [3.8, 4) is 5.75 Å². The molecule has 0 fully saturated rings. The molecule has 8 heteroatoms. The van der Waals surface area contributed by atoms with Crippen molar-refractivity contribution in [1.29, 1.82) is 0 Å². The molecule has 0 aliphatic rings. The average molecular weight is 393 g/mol. The number of rotatable bonds is 8. The van der Waals surface area contributed by atoms with Crippen molar-refractivity contribution < 1.29 is 23.8 Å². The SMILES string of the molecule is COc1ccc2c(C)c(CC(=O)NC(CCSC)C(=O)O)c(=O)oc2c1C. The van der Waals surface area contributed by atoms with Crippen molar-refractivity contribution in [2.45, 2.75) is 32.7 Å². The van der Waals surface area contributed by atoms with Gasteiger partial charge < -0.3 is 19.6 Å². The second kappa shape index (κ2) is 8.94. The lowest BCUT2D eigenvalue weighted by Crippen LogP contribution is -2.42. The van der Waals surface area contributed by atoms with Crippen molar-refractivity contribution in [3.05, 3.63) is 39.2 Å². The molecule has 0 saturated heterocycles. The fraction of sp³-hybridized carbons (Fsp3) is 0.421. The zero-order valence-electron chi connectivity index (χ0n) is 15.8. The zero-order valence-corrected chi connectivity index (χ0v) is 16.6. The van der Waals surface area contributed by atoms with E-state index in [-0.39, 0.29) is 12.0 Å². The fourth-order valence-corrected chi connectivity index (χ4v) is 3.37. The highest BCUT2D eigenvalue weighted by atomic mass is 32.2. The van der Waals surface area contributed by atoms with Crippen molar-refractivity contribution in [2.24, 2.45) is 0 Å². The van der Waals surface area contributed by atoms with Crippen LogP contribution in [0.1, 0.15) is 23.1 Å². The predicted molar refractivity (Wildman–Crippen MR) is 105 cm³/mol. The van der Waals surface area contributed by atoms with E-state index in [0.29, 0.717) is 40.0 Å². The normalized spacial score (nSPS) is 12.0. The first-order valence-corrected chi connectivity index (χ1v) is 9.80. The van der Waals surface area contributed by atoms with E-state index in [1.165, 1.54) is 18.9 Å². The van der Waals surface area contributed by atoms with Crippen LogP contribution in [0, 0.1) is 13.8 Å². The highest BCUT2D eigenvalue weighted by Gasteiger charge is 2.22. The van der Waals surface area contributed by atoms with E-state index >= 15 is 0 Å².